The number of carbonyl (C=O) groups is 2. The van der Waals surface area contributed by atoms with E-state index in [0.29, 0.717) is 32.6 Å². The van der Waals surface area contributed by atoms with E-state index in [1.165, 1.54) is 5.56 Å². The quantitative estimate of drug-likeness (QED) is 0.833. The first kappa shape index (κ1) is 19.1. The highest BCUT2D eigenvalue weighted by atomic mass is 16.2. The van der Waals surface area contributed by atoms with Crippen molar-refractivity contribution >= 4 is 11.8 Å². The summed E-state index contributed by atoms with van der Waals surface area (Å²) < 4.78 is 1.91. The predicted molar refractivity (Wildman–Crippen MR) is 105 cm³/mol. The minimum Gasteiger partial charge on any atom is -0.339 e. The largest absolute Gasteiger partial charge is 0.339 e. The van der Waals surface area contributed by atoms with Gasteiger partial charge in [0.1, 0.15) is 0 Å². The van der Waals surface area contributed by atoms with E-state index in [9.17, 15) is 9.59 Å². The second-order valence-electron chi connectivity index (χ2n) is 7.02. The fourth-order valence-corrected chi connectivity index (χ4v) is 3.61. The van der Waals surface area contributed by atoms with Gasteiger partial charge in [-0.2, -0.15) is 5.10 Å². The molecule has 0 aliphatic carbocycles. The summed E-state index contributed by atoms with van der Waals surface area (Å²) in [5.41, 5.74) is 4.70. The molecule has 27 heavy (non-hydrogen) atoms. The first-order chi connectivity index (χ1) is 13.0. The van der Waals surface area contributed by atoms with Gasteiger partial charge in [-0.15, -0.1) is 0 Å². The maximum atomic E-state index is 13.3. The summed E-state index contributed by atoms with van der Waals surface area (Å²) in [5, 5.41) is 4.76. The molecule has 6 heteroatoms. The number of piperazine rings is 1. The van der Waals surface area contributed by atoms with Crippen LogP contribution in [-0.2, 0) is 17.6 Å². The van der Waals surface area contributed by atoms with Crippen molar-refractivity contribution in [2.45, 2.75) is 40.5 Å². The molecule has 2 amide bonds. The maximum absolute atomic E-state index is 13.3. The van der Waals surface area contributed by atoms with E-state index >= 15 is 0 Å². The Bertz CT molecular complexity index is 831. The summed E-state index contributed by atoms with van der Waals surface area (Å²) >= 11 is 0. The zero-order chi connectivity index (χ0) is 19.6. The third-order valence-electron chi connectivity index (χ3n) is 5.23. The molecule has 1 aromatic heterocycles. The molecule has 0 spiro atoms. The van der Waals surface area contributed by atoms with Gasteiger partial charge < -0.3 is 9.80 Å². The van der Waals surface area contributed by atoms with Crippen LogP contribution in [0.3, 0.4) is 0 Å². The van der Waals surface area contributed by atoms with Gasteiger partial charge in [0, 0.05) is 33.1 Å². The monoisotopic (exact) mass is 368 g/mol. The number of benzene rings is 1. The van der Waals surface area contributed by atoms with Crippen LogP contribution in [0.5, 0.6) is 0 Å². The van der Waals surface area contributed by atoms with Crippen LogP contribution in [0.15, 0.2) is 24.3 Å². The smallest absolute Gasteiger partial charge is 0.257 e. The lowest BCUT2D eigenvalue weighted by Crippen LogP contribution is -2.50. The van der Waals surface area contributed by atoms with Crippen molar-refractivity contribution in [3.8, 4) is 5.69 Å². The molecule has 1 fully saturated rings. The number of hydrogen-bond acceptors (Lipinski definition) is 3. The van der Waals surface area contributed by atoms with E-state index in [2.05, 4.69) is 26.0 Å². The Balaban J connectivity index is 1.94. The second-order valence-corrected chi connectivity index (χ2v) is 7.02. The van der Waals surface area contributed by atoms with Gasteiger partial charge >= 0.3 is 0 Å². The normalized spacial score (nSPS) is 14.5. The van der Waals surface area contributed by atoms with E-state index in [1.54, 1.807) is 11.8 Å². The van der Waals surface area contributed by atoms with Crippen LogP contribution in [0, 0.1) is 6.92 Å². The van der Waals surface area contributed by atoms with Crippen LogP contribution in [0.1, 0.15) is 48.1 Å². The van der Waals surface area contributed by atoms with Gasteiger partial charge in [0.15, 0.2) is 0 Å². The lowest BCUT2D eigenvalue weighted by atomic mass is 10.1. The van der Waals surface area contributed by atoms with E-state index in [-0.39, 0.29) is 11.8 Å². The Labute approximate surface area is 160 Å². The Kier molecular flexibility index (Phi) is 5.63. The van der Waals surface area contributed by atoms with Crippen LogP contribution in [0.4, 0.5) is 0 Å². The van der Waals surface area contributed by atoms with Crippen LogP contribution >= 0.6 is 0 Å². The lowest BCUT2D eigenvalue weighted by molar-refractivity contribution is -0.130. The van der Waals surface area contributed by atoms with Crippen molar-refractivity contribution in [2.24, 2.45) is 0 Å². The minimum atomic E-state index is 0.0327. The summed E-state index contributed by atoms with van der Waals surface area (Å²) in [5.74, 6) is 0.100. The third-order valence-corrected chi connectivity index (χ3v) is 5.23. The number of nitrogens with zero attached hydrogens (tertiary/aromatic N) is 4. The number of rotatable bonds is 4. The van der Waals surface area contributed by atoms with E-state index < -0.39 is 0 Å². The zero-order valence-electron chi connectivity index (χ0n) is 16.7. The van der Waals surface area contributed by atoms with Crippen molar-refractivity contribution in [2.75, 3.05) is 26.2 Å². The maximum Gasteiger partial charge on any atom is 0.257 e. The number of hydrogen-bond donors (Lipinski definition) is 0. The van der Waals surface area contributed by atoms with E-state index in [4.69, 9.17) is 5.10 Å². The minimum absolute atomic E-state index is 0.0327. The van der Waals surface area contributed by atoms with Crippen LogP contribution in [-0.4, -0.2) is 57.6 Å². The first-order valence-corrected chi connectivity index (χ1v) is 9.68. The average molecular weight is 368 g/mol. The summed E-state index contributed by atoms with van der Waals surface area (Å²) in [6, 6.07) is 8.21. The third kappa shape index (κ3) is 3.75. The SMILES string of the molecule is CCc1nn(-c2ccc(C)cc2)c(CC)c1C(=O)N1CCN(C(C)=O)CC1. The Morgan fingerprint density at radius 1 is 0.963 bits per heavy atom. The summed E-state index contributed by atoms with van der Waals surface area (Å²) in [4.78, 5) is 28.5. The standard InChI is InChI=1S/C21H28N4O2/c1-5-18-20(21(27)24-13-11-23(12-14-24)16(4)26)19(6-2)25(22-18)17-9-7-15(3)8-10-17/h7-10H,5-6,11-14H2,1-4H3. The summed E-state index contributed by atoms with van der Waals surface area (Å²) in [6.45, 7) is 10.1. The van der Waals surface area contributed by atoms with Crippen LogP contribution in [0.2, 0.25) is 0 Å². The van der Waals surface area contributed by atoms with Gasteiger partial charge in [-0.25, -0.2) is 4.68 Å². The highest BCUT2D eigenvalue weighted by Gasteiger charge is 2.29. The van der Waals surface area contributed by atoms with Gasteiger partial charge in [0.05, 0.1) is 22.6 Å². The van der Waals surface area contributed by atoms with Crippen molar-refractivity contribution in [1.29, 1.82) is 0 Å². The van der Waals surface area contributed by atoms with Crippen LogP contribution < -0.4 is 0 Å². The predicted octanol–water partition coefficient (Wildman–Crippen LogP) is 2.61. The molecular weight excluding hydrogens is 340 g/mol. The van der Waals surface area contributed by atoms with E-state index in [0.717, 1.165) is 29.1 Å². The molecule has 144 valence electrons. The van der Waals surface area contributed by atoms with E-state index in [1.807, 2.05) is 28.6 Å². The Morgan fingerprint density at radius 3 is 2.07 bits per heavy atom. The van der Waals surface area contributed by atoms with Gasteiger partial charge in [-0.1, -0.05) is 31.5 Å². The molecule has 3 rings (SSSR count). The van der Waals surface area contributed by atoms with Gasteiger partial charge in [0.2, 0.25) is 5.91 Å². The molecule has 2 heterocycles. The van der Waals surface area contributed by atoms with Crippen molar-refractivity contribution < 1.29 is 9.59 Å². The average Bonchev–Trinajstić information content (AvgIpc) is 3.06. The topological polar surface area (TPSA) is 58.4 Å². The molecule has 2 aromatic rings. The zero-order valence-corrected chi connectivity index (χ0v) is 16.7. The molecule has 0 N–H and O–H groups in total. The number of aryl methyl sites for hydroxylation is 2. The molecular formula is C21H28N4O2. The molecule has 1 aromatic carbocycles. The molecule has 0 atom stereocenters. The van der Waals surface area contributed by atoms with Gasteiger partial charge in [-0.05, 0) is 31.9 Å². The van der Waals surface area contributed by atoms with Crippen molar-refractivity contribution in [3.63, 3.8) is 0 Å². The highest BCUT2D eigenvalue weighted by molar-refractivity contribution is 5.97. The molecule has 6 nitrogen and oxygen atoms in total. The molecule has 1 aliphatic rings. The molecule has 0 saturated carbocycles. The second kappa shape index (κ2) is 7.94. The van der Waals surface area contributed by atoms with Gasteiger partial charge in [-0.3, -0.25) is 9.59 Å². The molecule has 0 bridgehead atoms. The number of amides is 2. The highest BCUT2D eigenvalue weighted by Crippen LogP contribution is 2.23. The summed E-state index contributed by atoms with van der Waals surface area (Å²) in [6.07, 6.45) is 1.44. The fourth-order valence-electron chi connectivity index (χ4n) is 3.61. The molecule has 0 unspecified atom stereocenters. The Hall–Kier alpha value is -2.63. The Morgan fingerprint density at radius 2 is 1.56 bits per heavy atom. The number of carbonyl (C=O) groups excluding carboxylic acids is 2. The molecule has 1 saturated heterocycles. The van der Waals surface area contributed by atoms with Crippen molar-refractivity contribution in [1.82, 2.24) is 19.6 Å². The first-order valence-electron chi connectivity index (χ1n) is 9.68. The molecule has 0 radical (unpaired) electrons. The lowest BCUT2D eigenvalue weighted by Gasteiger charge is -2.34. The summed E-state index contributed by atoms with van der Waals surface area (Å²) in [7, 11) is 0. The fraction of sp³-hybridized carbons (Fsp3) is 0.476. The van der Waals surface area contributed by atoms with Crippen LogP contribution in [0.25, 0.3) is 5.69 Å². The molecule has 1 aliphatic heterocycles. The number of aromatic nitrogens is 2. The van der Waals surface area contributed by atoms with Crippen molar-refractivity contribution in [3.05, 3.63) is 46.8 Å². The van der Waals surface area contributed by atoms with Gasteiger partial charge in [0.25, 0.3) is 5.91 Å².